The minimum absolute atomic E-state index is 0.0596. The molecule has 1 saturated heterocycles. The Kier molecular flexibility index (Phi) is 5.60. The molecule has 0 aromatic carbocycles. The van der Waals surface area contributed by atoms with Crippen molar-refractivity contribution in [2.45, 2.75) is 25.3 Å². The van der Waals surface area contributed by atoms with Gasteiger partial charge in [-0.2, -0.15) is 5.10 Å². The lowest BCUT2D eigenvalue weighted by atomic mass is 10.1. The van der Waals surface area contributed by atoms with Crippen LogP contribution in [-0.2, 0) is 7.05 Å². The molecule has 1 fully saturated rings. The van der Waals surface area contributed by atoms with Gasteiger partial charge in [-0.05, 0) is 31.4 Å². The number of carbonyl (C=O) groups is 1. The fourth-order valence-corrected chi connectivity index (χ4v) is 3.10. The third-order valence-electron chi connectivity index (χ3n) is 4.55. The Morgan fingerprint density at radius 3 is 2.69 bits per heavy atom. The zero-order valence-corrected chi connectivity index (χ0v) is 15.6. The highest BCUT2D eigenvalue weighted by atomic mass is 16.2. The molecule has 1 aliphatic rings. The van der Waals surface area contributed by atoms with Crippen molar-refractivity contribution in [3.8, 4) is 0 Å². The van der Waals surface area contributed by atoms with Gasteiger partial charge in [0.15, 0.2) is 0 Å². The molecule has 8 heteroatoms. The highest BCUT2D eigenvalue weighted by molar-refractivity contribution is 5.89. The van der Waals surface area contributed by atoms with Gasteiger partial charge >= 0.3 is 6.03 Å². The second kappa shape index (κ2) is 8.07. The van der Waals surface area contributed by atoms with Gasteiger partial charge in [0.05, 0.1) is 23.8 Å². The van der Waals surface area contributed by atoms with Crippen molar-refractivity contribution in [3.63, 3.8) is 0 Å². The molecule has 0 spiro atoms. The standard InChI is InChI=1S/C18H27N7O/c1-23(2)17-7-6-15(11-19-17)21-14-5-4-9-25(10-8-14)18(26)22-16-12-20-24(3)13-16/h6-7,11-14,21H,4-5,8-10H2,1-3H3,(H,22,26)/t14-/m0/s1. The number of urea groups is 1. The maximum Gasteiger partial charge on any atom is 0.321 e. The number of nitrogens with zero attached hydrogens (tertiary/aromatic N) is 5. The summed E-state index contributed by atoms with van der Waals surface area (Å²) in [5, 5.41) is 10.5. The van der Waals surface area contributed by atoms with Gasteiger partial charge in [0.25, 0.3) is 0 Å². The molecule has 140 valence electrons. The maximum absolute atomic E-state index is 12.4. The first-order valence-electron chi connectivity index (χ1n) is 8.96. The van der Waals surface area contributed by atoms with Crippen LogP contribution in [0, 0.1) is 0 Å². The zero-order chi connectivity index (χ0) is 18.5. The topological polar surface area (TPSA) is 78.3 Å². The van der Waals surface area contributed by atoms with Gasteiger partial charge in [-0.3, -0.25) is 4.68 Å². The fourth-order valence-electron chi connectivity index (χ4n) is 3.10. The van der Waals surface area contributed by atoms with E-state index in [0.29, 0.717) is 6.04 Å². The van der Waals surface area contributed by atoms with Crippen LogP contribution in [0.1, 0.15) is 19.3 Å². The second-order valence-corrected chi connectivity index (χ2v) is 6.89. The molecule has 2 aromatic heterocycles. The molecule has 3 heterocycles. The number of hydrogen-bond donors (Lipinski definition) is 2. The first-order valence-corrected chi connectivity index (χ1v) is 8.96. The first kappa shape index (κ1) is 18.0. The molecule has 0 bridgehead atoms. The van der Waals surface area contributed by atoms with Crippen LogP contribution in [0.25, 0.3) is 0 Å². The van der Waals surface area contributed by atoms with Crippen LogP contribution in [-0.4, -0.2) is 58.9 Å². The number of pyridine rings is 1. The van der Waals surface area contributed by atoms with E-state index in [1.165, 1.54) is 0 Å². The Morgan fingerprint density at radius 1 is 1.19 bits per heavy atom. The molecular formula is C18H27N7O. The number of rotatable bonds is 4. The summed E-state index contributed by atoms with van der Waals surface area (Å²) < 4.78 is 1.67. The van der Waals surface area contributed by atoms with E-state index in [1.54, 1.807) is 17.1 Å². The highest BCUT2D eigenvalue weighted by Gasteiger charge is 2.21. The molecule has 1 atom stereocenters. The maximum atomic E-state index is 12.4. The molecule has 3 rings (SSSR count). The molecule has 8 nitrogen and oxygen atoms in total. The van der Waals surface area contributed by atoms with Gasteiger partial charge in [0.1, 0.15) is 5.82 Å². The number of aromatic nitrogens is 3. The molecule has 2 amide bonds. The predicted molar refractivity (Wildman–Crippen MR) is 104 cm³/mol. The lowest BCUT2D eigenvalue weighted by Crippen LogP contribution is -2.36. The monoisotopic (exact) mass is 357 g/mol. The summed E-state index contributed by atoms with van der Waals surface area (Å²) in [6, 6.07) is 4.35. The smallest absolute Gasteiger partial charge is 0.321 e. The highest BCUT2D eigenvalue weighted by Crippen LogP contribution is 2.19. The average molecular weight is 357 g/mol. The summed E-state index contributed by atoms with van der Waals surface area (Å²) in [5.41, 5.74) is 1.75. The number of carbonyl (C=O) groups excluding carboxylic acids is 1. The van der Waals surface area contributed by atoms with E-state index >= 15 is 0 Å². The molecule has 2 aromatic rings. The van der Waals surface area contributed by atoms with Gasteiger partial charge in [-0.1, -0.05) is 0 Å². The van der Waals surface area contributed by atoms with Gasteiger partial charge in [0.2, 0.25) is 0 Å². The summed E-state index contributed by atoms with van der Waals surface area (Å²) in [5.74, 6) is 0.940. The van der Waals surface area contributed by atoms with Crippen molar-refractivity contribution >= 4 is 23.2 Å². The molecule has 0 saturated carbocycles. The predicted octanol–water partition coefficient (Wildman–Crippen LogP) is 2.38. The summed E-state index contributed by atoms with van der Waals surface area (Å²) in [6.45, 7) is 1.50. The Balaban J connectivity index is 1.52. The van der Waals surface area contributed by atoms with Crippen LogP contribution in [0.15, 0.2) is 30.7 Å². The third-order valence-corrected chi connectivity index (χ3v) is 4.55. The Hall–Kier alpha value is -2.77. The first-order chi connectivity index (χ1) is 12.5. The van der Waals surface area contributed by atoms with Crippen molar-refractivity contribution < 1.29 is 4.79 Å². The SMILES string of the molecule is CN(C)c1ccc(N[C@H]2CCCN(C(=O)Nc3cnn(C)c3)CC2)cn1. The average Bonchev–Trinajstić information content (AvgIpc) is 2.88. The molecule has 2 N–H and O–H groups in total. The molecule has 0 radical (unpaired) electrons. The second-order valence-electron chi connectivity index (χ2n) is 6.89. The van der Waals surface area contributed by atoms with E-state index in [2.05, 4.69) is 26.8 Å². The van der Waals surface area contributed by atoms with E-state index in [0.717, 1.165) is 49.5 Å². The molecule has 1 aliphatic heterocycles. The minimum Gasteiger partial charge on any atom is -0.381 e. The van der Waals surface area contributed by atoms with E-state index in [4.69, 9.17) is 0 Å². The number of nitrogens with one attached hydrogen (secondary N) is 2. The van der Waals surface area contributed by atoms with Crippen molar-refractivity contribution in [1.82, 2.24) is 19.7 Å². The number of anilines is 3. The molecular weight excluding hydrogens is 330 g/mol. The summed E-state index contributed by atoms with van der Waals surface area (Å²) in [4.78, 5) is 20.7. The number of hydrogen-bond acceptors (Lipinski definition) is 5. The summed E-state index contributed by atoms with van der Waals surface area (Å²) >= 11 is 0. The lowest BCUT2D eigenvalue weighted by Gasteiger charge is -2.21. The van der Waals surface area contributed by atoms with E-state index in [-0.39, 0.29) is 6.03 Å². The Labute approximate surface area is 154 Å². The van der Waals surface area contributed by atoms with Crippen molar-refractivity contribution in [3.05, 3.63) is 30.7 Å². The Morgan fingerprint density at radius 2 is 2.04 bits per heavy atom. The van der Waals surface area contributed by atoms with Crippen LogP contribution in [0.4, 0.5) is 22.0 Å². The number of likely N-dealkylation sites (tertiary alicyclic amines) is 1. The van der Waals surface area contributed by atoms with Crippen LogP contribution in [0.2, 0.25) is 0 Å². The van der Waals surface area contributed by atoms with E-state index in [1.807, 2.05) is 43.2 Å². The van der Waals surface area contributed by atoms with Crippen LogP contribution in [0.5, 0.6) is 0 Å². The van der Waals surface area contributed by atoms with Crippen LogP contribution >= 0.6 is 0 Å². The third kappa shape index (κ3) is 4.65. The summed E-state index contributed by atoms with van der Waals surface area (Å²) in [6.07, 6.45) is 8.24. The van der Waals surface area contributed by atoms with Crippen LogP contribution < -0.4 is 15.5 Å². The molecule has 26 heavy (non-hydrogen) atoms. The lowest BCUT2D eigenvalue weighted by molar-refractivity contribution is 0.213. The quantitative estimate of drug-likeness (QED) is 0.878. The zero-order valence-electron chi connectivity index (χ0n) is 15.6. The largest absolute Gasteiger partial charge is 0.381 e. The molecule has 0 unspecified atom stereocenters. The van der Waals surface area contributed by atoms with Crippen LogP contribution in [0.3, 0.4) is 0 Å². The van der Waals surface area contributed by atoms with Crippen molar-refractivity contribution in [2.75, 3.05) is 42.7 Å². The fraction of sp³-hybridized carbons (Fsp3) is 0.500. The molecule has 0 aliphatic carbocycles. The van der Waals surface area contributed by atoms with Gasteiger partial charge in [-0.15, -0.1) is 0 Å². The van der Waals surface area contributed by atoms with Gasteiger partial charge in [-0.25, -0.2) is 9.78 Å². The number of amides is 2. The Bertz CT molecular complexity index is 725. The number of aryl methyl sites for hydroxylation is 1. The minimum atomic E-state index is -0.0596. The summed E-state index contributed by atoms with van der Waals surface area (Å²) in [7, 11) is 5.79. The van der Waals surface area contributed by atoms with Crippen molar-refractivity contribution in [2.24, 2.45) is 7.05 Å². The van der Waals surface area contributed by atoms with Crippen molar-refractivity contribution in [1.29, 1.82) is 0 Å². The van der Waals surface area contributed by atoms with E-state index < -0.39 is 0 Å². The van der Waals surface area contributed by atoms with Gasteiger partial charge < -0.3 is 20.4 Å². The van der Waals surface area contributed by atoms with E-state index in [9.17, 15) is 4.79 Å². The normalized spacial score (nSPS) is 17.5. The van der Waals surface area contributed by atoms with Gasteiger partial charge in [0, 0.05) is 46.5 Å².